The van der Waals surface area contributed by atoms with Crippen molar-refractivity contribution in [1.82, 2.24) is 4.57 Å². The number of hydrogen-bond acceptors (Lipinski definition) is 1. The molecule has 0 saturated carbocycles. The Balaban J connectivity index is 1.78. The van der Waals surface area contributed by atoms with Gasteiger partial charge in [-0.1, -0.05) is 84.9 Å². The summed E-state index contributed by atoms with van der Waals surface area (Å²) >= 11 is 0. The third-order valence-electron chi connectivity index (χ3n) is 6.01. The van der Waals surface area contributed by atoms with Crippen LogP contribution in [0.4, 0.5) is 0 Å². The van der Waals surface area contributed by atoms with E-state index in [0.29, 0.717) is 0 Å². The van der Waals surface area contributed by atoms with Crippen LogP contribution in [0, 0.1) is 0 Å². The van der Waals surface area contributed by atoms with Gasteiger partial charge in [0.15, 0.2) is 0 Å². The second kappa shape index (κ2) is 7.68. The van der Waals surface area contributed by atoms with E-state index in [9.17, 15) is 9.90 Å². The van der Waals surface area contributed by atoms with Gasteiger partial charge in [0.05, 0.1) is 12.5 Å². The van der Waals surface area contributed by atoms with Crippen molar-refractivity contribution in [2.24, 2.45) is 0 Å². The average Bonchev–Trinajstić information content (AvgIpc) is 3.18. The number of benzene rings is 3. The summed E-state index contributed by atoms with van der Waals surface area (Å²) in [4.78, 5) is 11.9. The Morgan fingerprint density at radius 3 is 2.23 bits per heavy atom. The van der Waals surface area contributed by atoms with Crippen LogP contribution in [-0.2, 0) is 17.6 Å². The van der Waals surface area contributed by atoms with Gasteiger partial charge in [-0.3, -0.25) is 4.79 Å². The minimum Gasteiger partial charge on any atom is -0.481 e. The van der Waals surface area contributed by atoms with Gasteiger partial charge in [0.1, 0.15) is 0 Å². The highest BCUT2D eigenvalue weighted by Gasteiger charge is 2.28. The molecule has 0 aliphatic heterocycles. The number of rotatable bonds is 5. The predicted molar refractivity (Wildman–Crippen MR) is 120 cm³/mol. The number of fused-ring (bicyclic) bond motifs is 3. The number of carbonyl (C=O) groups is 1. The highest BCUT2D eigenvalue weighted by Crippen LogP contribution is 2.42. The highest BCUT2D eigenvalue weighted by molar-refractivity contribution is 5.79. The van der Waals surface area contributed by atoms with Gasteiger partial charge in [-0.05, 0) is 41.2 Å². The third kappa shape index (κ3) is 3.22. The van der Waals surface area contributed by atoms with Crippen LogP contribution in [0.2, 0.25) is 0 Å². The molecule has 0 amide bonds. The quantitative estimate of drug-likeness (QED) is 0.453. The molecular formula is C27H23NO2. The Morgan fingerprint density at radius 1 is 0.833 bits per heavy atom. The molecule has 3 aromatic carbocycles. The van der Waals surface area contributed by atoms with Crippen molar-refractivity contribution in [2.75, 3.05) is 0 Å². The molecule has 1 unspecified atom stereocenters. The van der Waals surface area contributed by atoms with Crippen LogP contribution in [0.5, 0.6) is 0 Å². The van der Waals surface area contributed by atoms with Crippen LogP contribution in [0.3, 0.4) is 0 Å². The summed E-state index contributed by atoms with van der Waals surface area (Å²) in [7, 11) is 0. The number of nitrogens with zero attached hydrogens (tertiary/aromatic N) is 1. The summed E-state index contributed by atoms with van der Waals surface area (Å²) in [6, 6.07) is 30.8. The first kappa shape index (κ1) is 18.4. The van der Waals surface area contributed by atoms with E-state index in [4.69, 9.17) is 0 Å². The van der Waals surface area contributed by atoms with Gasteiger partial charge < -0.3 is 9.67 Å². The zero-order valence-electron chi connectivity index (χ0n) is 16.7. The number of carboxylic acids is 1. The second-order valence-electron chi connectivity index (χ2n) is 7.81. The van der Waals surface area contributed by atoms with Gasteiger partial charge in [0, 0.05) is 17.0 Å². The van der Waals surface area contributed by atoms with Gasteiger partial charge in [0.2, 0.25) is 0 Å². The molecule has 3 heteroatoms. The summed E-state index contributed by atoms with van der Waals surface area (Å²) < 4.78 is 2.28. The molecule has 1 aromatic heterocycles. The average molecular weight is 393 g/mol. The van der Waals surface area contributed by atoms with Crippen LogP contribution in [0.1, 0.15) is 29.3 Å². The SMILES string of the molecule is O=C(O)CC(c1ccccc1)n1c(-c2ccccc2)cc2c1CCc1ccccc1-2. The van der Waals surface area contributed by atoms with E-state index >= 15 is 0 Å². The van der Waals surface area contributed by atoms with E-state index in [1.54, 1.807) is 0 Å². The van der Waals surface area contributed by atoms with Crippen LogP contribution in [-0.4, -0.2) is 15.6 Å². The lowest BCUT2D eigenvalue weighted by Gasteiger charge is -2.26. The monoisotopic (exact) mass is 393 g/mol. The molecule has 1 aliphatic carbocycles. The first-order chi connectivity index (χ1) is 14.7. The van der Waals surface area contributed by atoms with Crippen LogP contribution in [0.25, 0.3) is 22.4 Å². The lowest BCUT2D eigenvalue weighted by Crippen LogP contribution is -2.19. The van der Waals surface area contributed by atoms with Gasteiger partial charge >= 0.3 is 5.97 Å². The number of hydrogen-bond donors (Lipinski definition) is 1. The first-order valence-electron chi connectivity index (χ1n) is 10.4. The minimum absolute atomic E-state index is 0.0482. The van der Waals surface area contributed by atoms with Gasteiger partial charge in [-0.2, -0.15) is 0 Å². The standard InChI is InChI=1S/C27H23NO2/c29-27(30)18-26(21-12-5-2-6-13-21)28-24-16-15-19-9-7-8-14-22(19)23(24)17-25(28)20-10-3-1-4-11-20/h1-14,17,26H,15-16,18H2,(H,29,30). The largest absolute Gasteiger partial charge is 0.481 e. The fourth-order valence-corrected chi connectivity index (χ4v) is 4.69. The van der Waals surface area contributed by atoms with E-state index in [1.165, 1.54) is 22.4 Å². The Kier molecular flexibility index (Phi) is 4.72. The summed E-state index contributed by atoms with van der Waals surface area (Å²) in [6.45, 7) is 0. The topological polar surface area (TPSA) is 42.2 Å². The third-order valence-corrected chi connectivity index (χ3v) is 6.01. The van der Waals surface area contributed by atoms with Crippen molar-refractivity contribution in [1.29, 1.82) is 0 Å². The predicted octanol–water partition coefficient (Wildman–Crippen LogP) is 5.98. The van der Waals surface area contributed by atoms with Crippen molar-refractivity contribution in [3.8, 4) is 22.4 Å². The van der Waals surface area contributed by atoms with Crippen LogP contribution in [0.15, 0.2) is 91.0 Å². The van der Waals surface area contributed by atoms with Crippen LogP contribution < -0.4 is 0 Å². The number of aliphatic carboxylic acids is 1. The first-order valence-corrected chi connectivity index (χ1v) is 10.4. The molecule has 0 spiro atoms. The zero-order chi connectivity index (χ0) is 20.5. The zero-order valence-corrected chi connectivity index (χ0v) is 16.7. The van der Waals surface area contributed by atoms with Gasteiger partial charge in [0.25, 0.3) is 0 Å². The maximum absolute atomic E-state index is 11.9. The molecule has 0 fully saturated rings. The molecule has 0 saturated heterocycles. The number of aromatic nitrogens is 1. The molecule has 1 N–H and O–H groups in total. The smallest absolute Gasteiger partial charge is 0.305 e. The normalized spacial score (nSPS) is 13.3. The van der Waals surface area contributed by atoms with Crippen molar-refractivity contribution in [3.63, 3.8) is 0 Å². The molecule has 4 aromatic rings. The summed E-state index contributed by atoms with van der Waals surface area (Å²) in [5.74, 6) is -0.790. The van der Waals surface area contributed by atoms with Crippen molar-refractivity contribution < 1.29 is 9.90 Å². The van der Waals surface area contributed by atoms with Crippen LogP contribution >= 0.6 is 0 Å². The van der Waals surface area contributed by atoms with E-state index in [-0.39, 0.29) is 12.5 Å². The lowest BCUT2D eigenvalue weighted by molar-refractivity contribution is -0.137. The molecule has 30 heavy (non-hydrogen) atoms. The maximum Gasteiger partial charge on any atom is 0.305 e. The lowest BCUT2D eigenvalue weighted by atomic mass is 9.89. The van der Waals surface area contributed by atoms with E-state index in [2.05, 4.69) is 47.0 Å². The summed E-state index contributed by atoms with van der Waals surface area (Å²) in [5, 5.41) is 9.75. The molecule has 5 rings (SSSR count). The van der Waals surface area contributed by atoms with Gasteiger partial charge in [-0.15, -0.1) is 0 Å². The summed E-state index contributed by atoms with van der Waals surface area (Å²) in [6.07, 6.45) is 1.92. The Hall–Kier alpha value is -3.59. The van der Waals surface area contributed by atoms with E-state index in [1.807, 2.05) is 48.5 Å². The molecule has 3 nitrogen and oxygen atoms in total. The molecular weight excluding hydrogens is 370 g/mol. The minimum atomic E-state index is -0.790. The second-order valence-corrected chi connectivity index (χ2v) is 7.81. The molecule has 148 valence electrons. The van der Waals surface area contributed by atoms with Crippen molar-refractivity contribution in [3.05, 3.63) is 108 Å². The summed E-state index contributed by atoms with van der Waals surface area (Å²) in [5.41, 5.74) is 8.27. The van der Waals surface area contributed by atoms with E-state index < -0.39 is 5.97 Å². The molecule has 0 radical (unpaired) electrons. The fraction of sp³-hybridized carbons (Fsp3) is 0.148. The Labute approximate surface area is 176 Å². The van der Waals surface area contributed by atoms with Crippen molar-refractivity contribution >= 4 is 5.97 Å². The molecule has 0 bridgehead atoms. The maximum atomic E-state index is 11.9. The van der Waals surface area contributed by atoms with Gasteiger partial charge in [-0.25, -0.2) is 0 Å². The highest BCUT2D eigenvalue weighted by atomic mass is 16.4. The molecule has 1 atom stereocenters. The number of aryl methyl sites for hydroxylation is 1. The van der Waals surface area contributed by atoms with Crippen molar-refractivity contribution in [2.45, 2.75) is 25.3 Å². The Morgan fingerprint density at radius 2 is 1.50 bits per heavy atom. The van der Waals surface area contributed by atoms with E-state index in [0.717, 1.165) is 29.7 Å². The number of carboxylic acid groups (broad SMARTS) is 1. The Bertz CT molecular complexity index is 1190. The molecule has 1 aliphatic rings. The fourth-order valence-electron chi connectivity index (χ4n) is 4.69. The molecule has 1 heterocycles.